The highest BCUT2D eigenvalue weighted by Gasteiger charge is 2.19. The zero-order valence-corrected chi connectivity index (χ0v) is 10.6. The third-order valence-electron chi connectivity index (χ3n) is 2.60. The Hall–Kier alpha value is -0.580. The number of halogens is 1. The largest absolute Gasteiger partial charge is 0.341 e. The molecular formula is C10H17BrN2O2. The molecule has 0 spiro atoms. The molecule has 1 rings (SSSR count). The van der Waals surface area contributed by atoms with Crippen molar-refractivity contribution in [2.45, 2.75) is 19.8 Å². The van der Waals surface area contributed by atoms with Crippen molar-refractivity contribution in [3.8, 4) is 0 Å². The van der Waals surface area contributed by atoms with Crippen LogP contribution in [-0.2, 0) is 9.59 Å². The minimum absolute atomic E-state index is 0.102. The smallest absolute Gasteiger partial charge is 0.223 e. The van der Waals surface area contributed by atoms with E-state index in [-0.39, 0.29) is 11.8 Å². The van der Waals surface area contributed by atoms with Crippen LogP contribution in [0.1, 0.15) is 19.8 Å². The maximum Gasteiger partial charge on any atom is 0.223 e. The zero-order chi connectivity index (χ0) is 11.3. The normalized spacial score (nSPS) is 17.5. The molecule has 0 bridgehead atoms. The van der Waals surface area contributed by atoms with Crippen LogP contribution >= 0.6 is 15.9 Å². The number of amides is 2. The summed E-state index contributed by atoms with van der Waals surface area (Å²) >= 11 is 3.26. The molecule has 2 amide bonds. The second kappa shape index (κ2) is 6.10. The number of rotatable bonds is 2. The zero-order valence-electron chi connectivity index (χ0n) is 9.04. The first-order chi connectivity index (χ1) is 7.15. The Morgan fingerprint density at radius 1 is 1.13 bits per heavy atom. The molecule has 0 aromatic carbocycles. The fraction of sp³-hybridized carbons (Fsp3) is 0.800. The number of nitrogens with zero attached hydrogens (tertiary/aromatic N) is 2. The van der Waals surface area contributed by atoms with Crippen molar-refractivity contribution in [2.24, 2.45) is 0 Å². The highest BCUT2D eigenvalue weighted by atomic mass is 79.9. The molecule has 1 aliphatic heterocycles. The van der Waals surface area contributed by atoms with E-state index in [2.05, 4.69) is 15.9 Å². The quantitative estimate of drug-likeness (QED) is 0.702. The van der Waals surface area contributed by atoms with Gasteiger partial charge in [0.2, 0.25) is 11.8 Å². The Bertz CT molecular complexity index is 246. The summed E-state index contributed by atoms with van der Waals surface area (Å²) in [6.45, 7) is 4.47. The van der Waals surface area contributed by atoms with Gasteiger partial charge in [0.25, 0.3) is 0 Å². The van der Waals surface area contributed by atoms with Crippen molar-refractivity contribution in [1.82, 2.24) is 9.80 Å². The highest BCUT2D eigenvalue weighted by Crippen LogP contribution is 2.05. The summed E-state index contributed by atoms with van der Waals surface area (Å²) < 4.78 is 0. The third kappa shape index (κ3) is 3.81. The van der Waals surface area contributed by atoms with E-state index >= 15 is 0 Å². The molecule has 0 saturated carbocycles. The van der Waals surface area contributed by atoms with E-state index < -0.39 is 0 Å². The van der Waals surface area contributed by atoms with Crippen LogP contribution in [0.2, 0.25) is 0 Å². The predicted octanol–water partition coefficient (Wildman–Crippen LogP) is 0.852. The second-order valence-corrected chi connectivity index (χ2v) is 4.47. The number of hydrogen-bond donors (Lipinski definition) is 0. The van der Waals surface area contributed by atoms with Crippen LogP contribution in [0.25, 0.3) is 0 Å². The van der Waals surface area contributed by atoms with Gasteiger partial charge in [-0.25, -0.2) is 0 Å². The lowest BCUT2D eigenvalue weighted by molar-refractivity contribution is -0.132. The lowest BCUT2D eigenvalue weighted by Gasteiger charge is -2.21. The van der Waals surface area contributed by atoms with Gasteiger partial charge >= 0.3 is 0 Å². The van der Waals surface area contributed by atoms with Crippen molar-refractivity contribution in [2.75, 3.05) is 31.5 Å². The summed E-state index contributed by atoms with van der Waals surface area (Å²) in [5.41, 5.74) is 0. The van der Waals surface area contributed by atoms with Crippen LogP contribution < -0.4 is 0 Å². The van der Waals surface area contributed by atoms with Crippen molar-refractivity contribution in [3.63, 3.8) is 0 Å². The van der Waals surface area contributed by atoms with Crippen LogP contribution in [0.5, 0.6) is 0 Å². The first-order valence-corrected chi connectivity index (χ1v) is 6.36. The Kier molecular flexibility index (Phi) is 5.08. The number of hydrogen-bond acceptors (Lipinski definition) is 2. The van der Waals surface area contributed by atoms with E-state index in [1.165, 1.54) is 0 Å². The SMILES string of the molecule is CC(=O)N1CCCN(C(=O)CCBr)CC1. The van der Waals surface area contributed by atoms with Gasteiger partial charge in [-0.2, -0.15) is 0 Å². The topological polar surface area (TPSA) is 40.6 Å². The van der Waals surface area contributed by atoms with Gasteiger partial charge in [0.05, 0.1) is 0 Å². The summed E-state index contributed by atoms with van der Waals surface area (Å²) in [6.07, 6.45) is 1.42. The molecule has 86 valence electrons. The van der Waals surface area contributed by atoms with Crippen molar-refractivity contribution >= 4 is 27.7 Å². The maximum absolute atomic E-state index is 11.6. The standard InChI is InChI=1S/C10H17BrN2O2/c1-9(14)12-5-2-6-13(8-7-12)10(15)3-4-11/h2-8H2,1H3. The summed E-state index contributed by atoms with van der Waals surface area (Å²) in [6, 6.07) is 0. The van der Waals surface area contributed by atoms with E-state index in [1.807, 2.05) is 4.90 Å². The first-order valence-electron chi connectivity index (χ1n) is 5.24. The van der Waals surface area contributed by atoms with Gasteiger partial charge in [0, 0.05) is 44.9 Å². The van der Waals surface area contributed by atoms with Gasteiger partial charge in [-0.15, -0.1) is 0 Å². The molecule has 1 aliphatic rings. The molecule has 15 heavy (non-hydrogen) atoms. The third-order valence-corrected chi connectivity index (χ3v) is 3.00. The van der Waals surface area contributed by atoms with Crippen molar-refractivity contribution in [1.29, 1.82) is 0 Å². The second-order valence-electron chi connectivity index (χ2n) is 3.68. The molecule has 0 aromatic heterocycles. The van der Waals surface area contributed by atoms with E-state index in [1.54, 1.807) is 11.8 Å². The number of carbonyl (C=O) groups is 2. The average Bonchev–Trinajstić information content (AvgIpc) is 2.43. The van der Waals surface area contributed by atoms with E-state index in [4.69, 9.17) is 0 Å². The van der Waals surface area contributed by atoms with Gasteiger partial charge in [-0.3, -0.25) is 9.59 Å². The van der Waals surface area contributed by atoms with Gasteiger partial charge in [-0.1, -0.05) is 15.9 Å². The Morgan fingerprint density at radius 3 is 2.33 bits per heavy atom. The molecule has 0 N–H and O–H groups in total. The van der Waals surface area contributed by atoms with Crippen LogP contribution in [0.3, 0.4) is 0 Å². The van der Waals surface area contributed by atoms with Gasteiger partial charge in [0.1, 0.15) is 0 Å². The van der Waals surface area contributed by atoms with Gasteiger partial charge < -0.3 is 9.80 Å². The molecule has 0 radical (unpaired) electrons. The fourth-order valence-electron chi connectivity index (χ4n) is 1.72. The molecule has 1 fully saturated rings. The predicted molar refractivity (Wildman–Crippen MR) is 61.9 cm³/mol. The van der Waals surface area contributed by atoms with Crippen LogP contribution in [0.15, 0.2) is 0 Å². The van der Waals surface area contributed by atoms with Crippen molar-refractivity contribution < 1.29 is 9.59 Å². The van der Waals surface area contributed by atoms with Crippen LogP contribution in [0.4, 0.5) is 0 Å². The Morgan fingerprint density at radius 2 is 1.73 bits per heavy atom. The summed E-state index contributed by atoms with van der Waals surface area (Å²) in [7, 11) is 0. The van der Waals surface area contributed by atoms with E-state index in [9.17, 15) is 9.59 Å². The Labute approximate surface area is 98.7 Å². The average molecular weight is 277 g/mol. The minimum Gasteiger partial charge on any atom is -0.341 e. The number of carbonyl (C=O) groups excluding carboxylic acids is 2. The molecule has 0 atom stereocenters. The minimum atomic E-state index is 0.102. The van der Waals surface area contributed by atoms with Crippen molar-refractivity contribution in [3.05, 3.63) is 0 Å². The lowest BCUT2D eigenvalue weighted by atomic mass is 10.3. The molecule has 1 heterocycles. The van der Waals surface area contributed by atoms with E-state index in [0.29, 0.717) is 24.8 Å². The molecule has 0 aromatic rings. The first kappa shape index (κ1) is 12.5. The maximum atomic E-state index is 11.6. The number of alkyl halides is 1. The highest BCUT2D eigenvalue weighted by molar-refractivity contribution is 9.09. The molecule has 5 heteroatoms. The lowest BCUT2D eigenvalue weighted by Crippen LogP contribution is -2.36. The molecular weight excluding hydrogens is 260 g/mol. The molecule has 1 saturated heterocycles. The fourth-order valence-corrected chi connectivity index (χ4v) is 2.06. The molecule has 0 aliphatic carbocycles. The van der Waals surface area contributed by atoms with Crippen LogP contribution in [0, 0.1) is 0 Å². The van der Waals surface area contributed by atoms with Crippen LogP contribution in [-0.4, -0.2) is 53.1 Å². The molecule has 4 nitrogen and oxygen atoms in total. The Balaban J connectivity index is 2.45. The summed E-state index contributed by atoms with van der Waals surface area (Å²) in [5.74, 6) is 0.280. The summed E-state index contributed by atoms with van der Waals surface area (Å²) in [4.78, 5) is 26.4. The van der Waals surface area contributed by atoms with E-state index in [0.717, 1.165) is 19.5 Å². The monoisotopic (exact) mass is 276 g/mol. The summed E-state index contributed by atoms with van der Waals surface area (Å²) in [5, 5.41) is 0.707. The molecule has 0 unspecified atom stereocenters. The van der Waals surface area contributed by atoms with Gasteiger partial charge in [0.15, 0.2) is 0 Å². The van der Waals surface area contributed by atoms with Gasteiger partial charge in [-0.05, 0) is 6.42 Å².